The maximum absolute atomic E-state index is 12.4. The van der Waals surface area contributed by atoms with Crippen molar-refractivity contribution in [2.45, 2.75) is 102 Å². The third kappa shape index (κ3) is 4.68. The number of nitrogens with zero attached hydrogens (tertiary/aromatic N) is 1. The number of aliphatic hydroxyl groups excluding tert-OH is 1. The van der Waals surface area contributed by atoms with Crippen LogP contribution in [0, 0.1) is 11.3 Å². The molecule has 7 heteroatoms. The van der Waals surface area contributed by atoms with E-state index in [1.165, 1.54) is 56.9 Å². The highest BCUT2D eigenvalue weighted by Crippen LogP contribution is 2.43. The Morgan fingerprint density at radius 1 is 1.09 bits per heavy atom. The number of aliphatic hydroxyl groups is 1. The predicted molar refractivity (Wildman–Crippen MR) is 131 cm³/mol. The molecule has 1 aromatic carbocycles. The first-order valence-corrected chi connectivity index (χ1v) is 13.7. The molecule has 4 fully saturated rings. The molecule has 2 aliphatic carbocycles. The van der Waals surface area contributed by atoms with Crippen molar-refractivity contribution in [3.8, 4) is 0 Å². The van der Waals surface area contributed by atoms with Gasteiger partial charge in [-0.15, -0.1) is 0 Å². The van der Waals surface area contributed by atoms with Crippen LogP contribution in [0.25, 0.3) is 0 Å². The van der Waals surface area contributed by atoms with Crippen LogP contribution < -0.4 is 10.6 Å². The van der Waals surface area contributed by atoms with E-state index in [4.69, 9.17) is 4.74 Å². The molecule has 0 bridgehead atoms. The lowest BCUT2D eigenvalue weighted by atomic mass is 9.70. The molecule has 1 spiro atoms. The van der Waals surface area contributed by atoms with Crippen LogP contribution in [-0.2, 0) is 27.3 Å². The summed E-state index contributed by atoms with van der Waals surface area (Å²) in [7, 11) is 0. The van der Waals surface area contributed by atoms with E-state index in [2.05, 4.69) is 22.8 Å². The molecule has 190 valence electrons. The fraction of sp³-hybridized carbons (Fsp3) is 0.714. The second kappa shape index (κ2) is 9.58. The van der Waals surface area contributed by atoms with Crippen LogP contribution >= 0.6 is 0 Å². The van der Waals surface area contributed by atoms with E-state index >= 15 is 0 Å². The summed E-state index contributed by atoms with van der Waals surface area (Å²) in [6, 6.07) is 7.24. The first-order chi connectivity index (χ1) is 17.0. The molecule has 4 atom stereocenters. The van der Waals surface area contributed by atoms with Gasteiger partial charge in [0.05, 0.1) is 19.3 Å². The van der Waals surface area contributed by atoms with Gasteiger partial charge in [-0.1, -0.05) is 31.0 Å². The zero-order chi connectivity index (χ0) is 24.0. The molecule has 35 heavy (non-hydrogen) atoms. The molecule has 0 radical (unpaired) electrons. The molecule has 3 aliphatic heterocycles. The van der Waals surface area contributed by atoms with E-state index in [-0.39, 0.29) is 11.8 Å². The van der Waals surface area contributed by atoms with Crippen molar-refractivity contribution in [2.24, 2.45) is 11.3 Å². The number of ether oxygens (including phenoxy) is 1. The summed E-state index contributed by atoms with van der Waals surface area (Å²) >= 11 is 0. The van der Waals surface area contributed by atoms with E-state index in [0.29, 0.717) is 42.8 Å². The molecule has 0 aromatic heterocycles. The molecule has 7 nitrogen and oxygen atoms in total. The minimum atomic E-state index is -0.789. The zero-order valence-corrected chi connectivity index (χ0v) is 20.6. The van der Waals surface area contributed by atoms with Crippen molar-refractivity contribution in [1.82, 2.24) is 15.5 Å². The van der Waals surface area contributed by atoms with Crippen molar-refractivity contribution in [3.05, 3.63) is 34.9 Å². The maximum Gasteiger partial charge on any atom is 0.244 e. The van der Waals surface area contributed by atoms with Gasteiger partial charge in [-0.05, 0) is 74.0 Å². The predicted octanol–water partition coefficient (Wildman–Crippen LogP) is 2.95. The number of hydrogen-bond acceptors (Lipinski definition) is 6. The molecule has 6 rings (SSSR count). The molecule has 2 amide bonds. The van der Waals surface area contributed by atoms with Crippen LogP contribution in [-0.4, -0.2) is 53.2 Å². The van der Waals surface area contributed by atoms with Gasteiger partial charge in [-0.3, -0.25) is 19.8 Å². The highest BCUT2D eigenvalue weighted by atomic mass is 16.5. The Bertz CT molecular complexity index is 967. The minimum absolute atomic E-state index is 0.222. The Balaban J connectivity index is 1.09. The van der Waals surface area contributed by atoms with Gasteiger partial charge in [0.15, 0.2) is 0 Å². The van der Waals surface area contributed by atoms with Crippen LogP contribution in [0.3, 0.4) is 0 Å². The number of carbonyl (C=O) groups is 2. The smallest absolute Gasteiger partial charge is 0.244 e. The Morgan fingerprint density at radius 2 is 1.89 bits per heavy atom. The number of hydrogen-bond donors (Lipinski definition) is 3. The average Bonchev–Trinajstić information content (AvgIpc) is 3.15. The highest BCUT2D eigenvalue weighted by Gasteiger charge is 2.42. The second-order valence-electron chi connectivity index (χ2n) is 11.8. The summed E-state index contributed by atoms with van der Waals surface area (Å²) < 4.78 is 5.50. The third-order valence-electron chi connectivity index (χ3n) is 9.48. The lowest BCUT2D eigenvalue weighted by Gasteiger charge is -2.47. The number of rotatable bonds is 5. The molecule has 5 aliphatic rings. The van der Waals surface area contributed by atoms with Crippen LogP contribution in [0.15, 0.2) is 18.2 Å². The van der Waals surface area contributed by atoms with Gasteiger partial charge in [0.25, 0.3) is 0 Å². The summed E-state index contributed by atoms with van der Waals surface area (Å²) in [6.07, 6.45) is 11.4. The molecule has 1 aromatic rings. The van der Waals surface area contributed by atoms with Gasteiger partial charge in [0.1, 0.15) is 6.23 Å². The molecule has 2 saturated carbocycles. The Labute approximate surface area is 208 Å². The number of amides is 2. The van der Waals surface area contributed by atoms with Crippen LogP contribution in [0.4, 0.5) is 0 Å². The van der Waals surface area contributed by atoms with E-state index in [0.717, 1.165) is 30.8 Å². The van der Waals surface area contributed by atoms with Gasteiger partial charge < -0.3 is 15.2 Å². The zero-order valence-electron chi connectivity index (χ0n) is 20.6. The first-order valence-electron chi connectivity index (χ1n) is 13.7. The Kier molecular flexibility index (Phi) is 6.46. The number of fused-ring (bicyclic) bond motifs is 1. The standard InChI is InChI=1S/C28H39N3O4/c32-25-8-7-24(26(33)30-25)31-15-20-14-18(5-6-22(20)27(31)34)13-19-3-1-2-4-23(19)29-21-9-11-28(12-10-21)16-35-17-28/h5-6,14,19,21,23-24,27,29,34H,1-4,7-13,15-17H2,(H,30,32,33)/t19-,23+,24?,27?/m1/s1. The molecular formula is C28H39N3O4. The second-order valence-corrected chi connectivity index (χ2v) is 11.8. The van der Waals surface area contributed by atoms with Gasteiger partial charge in [0, 0.05) is 30.5 Å². The summed E-state index contributed by atoms with van der Waals surface area (Å²) in [6.45, 7) is 2.50. The largest absolute Gasteiger partial charge is 0.380 e. The fourth-order valence-corrected chi connectivity index (χ4v) is 7.27. The SMILES string of the molecule is O=C1CCC(N2Cc3cc(C[C@H]4CCCC[C@@H]4NC4CCC5(CC4)COC5)ccc3C2O)C(=O)N1. The molecule has 3 N–H and O–H groups in total. The normalized spacial score (nSPS) is 33.4. The van der Waals surface area contributed by atoms with Crippen molar-refractivity contribution < 1.29 is 19.4 Å². The van der Waals surface area contributed by atoms with Crippen molar-refractivity contribution >= 4 is 11.8 Å². The van der Waals surface area contributed by atoms with E-state index < -0.39 is 12.3 Å². The number of piperidine rings is 1. The minimum Gasteiger partial charge on any atom is -0.380 e. The Morgan fingerprint density at radius 3 is 2.63 bits per heavy atom. The number of carbonyl (C=O) groups excluding carboxylic acids is 2. The van der Waals surface area contributed by atoms with Gasteiger partial charge in [-0.25, -0.2) is 0 Å². The average molecular weight is 482 g/mol. The number of benzene rings is 1. The molecule has 2 unspecified atom stereocenters. The maximum atomic E-state index is 12.4. The summed E-state index contributed by atoms with van der Waals surface area (Å²) in [5.74, 6) is 0.130. The van der Waals surface area contributed by atoms with E-state index in [9.17, 15) is 14.7 Å². The van der Waals surface area contributed by atoms with E-state index in [1.54, 1.807) is 0 Å². The summed E-state index contributed by atoms with van der Waals surface area (Å²) in [5.41, 5.74) is 3.84. The number of imide groups is 1. The van der Waals surface area contributed by atoms with Crippen molar-refractivity contribution in [2.75, 3.05) is 13.2 Å². The summed E-state index contributed by atoms with van der Waals surface area (Å²) in [4.78, 5) is 25.8. The molecule has 3 heterocycles. The van der Waals surface area contributed by atoms with Gasteiger partial charge in [0.2, 0.25) is 11.8 Å². The van der Waals surface area contributed by atoms with E-state index in [1.807, 2.05) is 11.0 Å². The summed E-state index contributed by atoms with van der Waals surface area (Å²) in [5, 5.41) is 17.4. The molecule has 2 saturated heterocycles. The Hall–Kier alpha value is -1.80. The fourth-order valence-electron chi connectivity index (χ4n) is 7.27. The van der Waals surface area contributed by atoms with Crippen LogP contribution in [0.1, 0.15) is 87.1 Å². The van der Waals surface area contributed by atoms with Crippen LogP contribution in [0.2, 0.25) is 0 Å². The highest BCUT2D eigenvalue weighted by molar-refractivity contribution is 6.00. The quantitative estimate of drug-likeness (QED) is 0.561. The lowest BCUT2D eigenvalue weighted by Crippen LogP contribution is -2.51. The van der Waals surface area contributed by atoms with Gasteiger partial charge in [-0.2, -0.15) is 0 Å². The van der Waals surface area contributed by atoms with Gasteiger partial charge >= 0.3 is 0 Å². The monoisotopic (exact) mass is 481 g/mol. The first kappa shape index (κ1) is 23.6. The van der Waals surface area contributed by atoms with Crippen molar-refractivity contribution in [1.29, 1.82) is 0 Å². The van der Waals surface area contributed by atoms with Crippen LogP contribution in [0.5, 0.6) is 0 Å². The number of nitrogens with one attached hydrogen (secondary N) is 2. The molecular weight excluding hydrogens is 442 g/mol. The third-order valence-corrected chi connectivity index (χ3v) is 9.48. The lowest BCUT2D eigenvalue weighted by molar-refractivity contribution is -0.141. The topological polar surface area (TPSA) is 90.9 Å². The van der Waals surface area contributed by atoms with Crippen molar-refractivity contribution in [3.63, 3.8) is 0 Å².